The molecule has 28 heavy (non-hydrogen) atoms. The van der Waals surface area contributed by atoms with Crippen LogP contribution in [0.2, 0.25) is 0 Å². The number of aromatic nitrogens is 3. The van der Waals surface area contributed by atoms with Crippen LogP contribution in [0.5, 0.6) is 0 Å². The minimum Gasteiger partial charge on any atom is -0.393 e. The highest BCUT2D eigenvalue weighted by molar-refractivity contribution is 7.22. The Morgan fingerprint density at radius 2 is 1.89 bits per heavy atom. The van der Waals surface area contributed by atoms with E-state index in [1.54, 1.807) is 11.3 Å². The summed E-state index contributed by atoms with van der Waals surface area (Å²) in [4.78, 5) is 5.85. The van der Waals surface area contributed by atoms with Crippen molar-refractivity contribution in [2.24, 2.45) is 0 Å². The molecular weight excluding hydrogens is 368 g/mol. The van der Waals surface area contributed by atoms with Crippen LogP contribution in [-0.4, -0.2) is 31.9 Å². The maximum atomic E-state index is 9.77. The van der Waals surface area contributed by atoms with Crippen LogP contribution in [0.4, 0.5) is 5.82 Å². The molecule has 0 spiro atoms. The lowest BCUT2D eigenvalue weighted by Crippen LogP contribution is -2.29. The third-order valence-electron chi connectivity index (χ3n) is 5.91. The van der Waals surface area contributed by atoms with Crippen molar-refractivity contribution in [2.75, 3.05) is 5.32 Å². The van der Waals surface area contributed by atoms with Crippen LogP contribution < -0.4 is 5.32 Å². The molecule has 144 valence electrons. The minimum absolute atomic E-state index is 0.149. The number of thiophene rings is 1. The lowest BCUT2D eigenvalue weighted by atomic mass is 9.93. The molecule has 5 rings (SSSR count). The first-order valence-corrected chi connectivity index (χ1v) is 10.7. The first kappa shape index (κ1) is 17.6. The fourth-order valence-corrected chi connectivity index (χ4v) is 5.11. The molecule has 4 aromatic rings. The highest BCUT2D eigenvalue weighted by Gasteiger charge is 2.22. The van der Waals surface area contributed by atoms with Gasteiger partial charge in [0.2, 0.25) is 0 Å². The zero-order valence-corrected chi connectivity index (χ0v) is 17.0. The number of anilines is 1. The molecule has 0 unspecified atom stereocenters. The number of aliphatic hydroxyl groups excluding tert-OH is 1. The maximum Gasteiger partial charge on any atom is 0.157 e. The Labute approximate surface area is 168 Å². The molecule has 0 aliphatic heterocycles. The van der Waals surface area contributed by atoms with Gasteiger partial charge in [-0.05, 0) is 62.6 Å². The highest BCUT2D eigenvalue weighted by atomic mass is 32.1. The molecule has 1 aliphatic carbocycles. The van der Waals surface area contributed by atoms with Crippen LogP contribution in [0.15, 0.2) is 36.5 Å². The maximum absolute atomic E-state index is 9.77. The second-order valence-electron chi connectivity index (χ2n) is 7.78. The van der Waals surface area contributed by atoms with Gasteiger partial charge in [0.1, 0.15) is 5.69 Å². The van der Waals surface area contributed by atoms with E-state index in [0.717, 1.165) is 54.0 Å². The predicted octanol–water partition coefficient (Wildman–Crippen LogP) is 4.94. The van der Waals surface area contributed by atoms with Crippen LogP contribution in [-0.2, 0) is 0 Å². The van der Waals surface area contributed by atoms with Gasteiger partial charge in [-0.25, -0.2) is 9.50 Å². The molecule has 1 aromatic carbocycles. The minimum atomic E-state index is -0.149. The van der Waals surface area contributed by atoms with Crippen molar-refractivity contribution in [3.8, 4) is 10.6 Å². The molecule has 1 aliphatic rings. The van der Waals surface area contributed by atoms with E-state index in [4.69, 9.17) is 5.10 Å². The van der Waals surface area contributed by atoms with Crippen molar-refractivity contribution in [1.29, 1.82) is 0 Å². The summed E-state index contributed by atoms with van der Waals surface area (Å²) in [6.07, 6.45) is 5.45. The molecule has 2 N–H and O–H groups in total. The van der Waals surface area contributed by atoms with Gasteiger partial charge in [0, 0.05) is 16.3 Å². The molecule has 3 aromatic heterocycles. The Bertz CT molecular complexity index is 1120. The predicted molar refractivity (Wildman–Crippen MR) is 115 cm³/mol. The molecule has 0 saturated heterocycles. The number of benzene rings is 1. The van der Waals surface area contributed by atoms with E-state index in [-0.39, 0.29) is 6.10 Å². The molecule has 5 nitrogen and oxygen atoms in total. The van der Waals surface area contributed by atoms with E-state index in [1.165, 1.54) is 15.0 Å². The van der Waals surface area contributed by atoms with Crippen LogP contribution in [0.3, 0.4) is 0 Å². The topological polar surface area (TPSA) is 62.5 Å². The van der Waals surface area contributed by atoms with E-state index in [9.17, 15) is 5.11 Å². The first-order chi connectivity index (χ1) is 13.6. The van der Waals surface area contributed by atoms with Crippen LogP contribution in [0.1, 0.15) is 36.8 Å². The molecule has 1 fully saturated rings. The smallest absolute Gasteiger partial charge is 0.157 e. The fourth-order valence-electron chi connectivity index (χ4n) is 4.05. The Kier molecular flexibility index (Phi) is 4.33. The normalized spacial score (nSPS) is 20.1. The molecule has 0 amide bonds. The third kappa shape index (κ3) is 2.97. The summed E-state index contributed by atoms with van der Waals surface area (Å²) in [6, 6.07) is 11.0. The van der Waals surface area contributed by atoms with Crippen molar-refractivity contribution < 1.29 is 5.11 Å². The lowest BCUT2D eigenvalue weighted by molar-refractivity contribution is 0.126. The van der Waals surface area contributed by atoms with Gasteiger partial charge in [-0.3, -0.25) is 0 Å². The number of imidazole rings is 1. The molecule has 6 heteroatoms. The second-order valence-corrected chi connectivity index (χ2v) is 8.86. The summed E-state index contributed by atoms with van der Waals surface area (Å²) >= 11 is 1.77. The Morgan fingerprint density at radius 3 is 2.68 bits per heavy atom. The van der Waals surface area contributed by atoms with Crippen molar-refractivity contribution in [3.63, 3.8) is 0 Å². The van der Waals surface area contributed by atoms with Crippen LogP contribution in [0.25, 0.3) is 26.3 Å². The SMILES string of the molecule is Cc1c(NC2CCC(O)CC2)nn2c(-c3cc4ccccc4s3)cnc2c1C. The highest BCUT2D eigenvalue weighted by Crippen LogP contribution is 2.35. The first-order valence-electron chi connectivity index (χ1n) is 9.88. The van der Waals surface area contributed by atoms with E-state index < -0.39 is 0 Å². The Morgan fingerprint density at radius 1 is 1.11 bits per heavy atom. The molecule has 3 heterocycles. The second kappa shape index (κ2) is 6.87. The summed E-state index contributed by atoms with van der Waals surface area (Å²) in [5.74, 6) is 0.923. The summed E-state index contributed by atoms with van der Waals surface area (Å²) < 4.78 is 3.25. The molecule has 0 radical (unpaired) electrons. The molecular formula is C22H24N4OS. The number of hydrogen-bond donors (Lipinski definition) is 2. The Balaban J connectivity index is 1.57. The van der Waals surface area contributed by atoms with Crippen molar-refractivity contribution >= 4 is 32.9 Å². The van der Waals surface area contributed by atoms with Gasteiger partial charge in [0.05, 0.1) is 17.2 Å². The molecule has 0 atom stereocenters. The van der Waals surface area contributed by atoms with Gasteiger partial charge in [0.15, 0.2) is 11.5 Å². The fraction of sp³-hybridized carbons (Fsp3) is 0.364. The summed E-state index contributed by atoms with van der Waals surface area (Å²) in [5.41, 5.74) is 4.24. The standard InChI is InChI=1S/C22H24N4OS/c1-13-14(2)22-23-12-18(20-11-15-5-3-4-6-19(15)28-20)26(22)25-21(13)24-16-7-9-17(27)10-8-16/h3-6,11-12,16-17,27H,7-10H2,1-2H3,(H,24,25). The average Bonchev–Trinajstić information content (AvgIpc) is 3.31. The number of aliphatic hydroxyl groups is 1. The van der Waals surface area contributed by atoms with Crippen molar-refractivity contribution in [2.45, 2.75) is 51.7 Å². The summed E-state index contributed by atoms with van der Waals surface area (Å²) in [6.45, 7) is 4.22. The van der Waals surface area contributed by atoms with Crippen molar-refractivity contribution in [1.82, 2.24) is 14.6 Å². The monoisotopic (exact) mass is 392 g/mol. The number of rotatable bonds is 3. The summed E-state index contributed by atoms with van der Waals surface area (Å²) in [5, 5.41) is 19.6. The zero-order chi connectivity index (χ0) is 19.3. The third-order valence-corrected chi connectivity index (χ3v) is 7.05. The van der Waals surface area contributed by atoms with E-state index in [0.29, 0.717) is 6.04 Å². The van der Waals surface area contributed by atoms with Crippen molar-refractivity contribution in [3.05, 3.63) is 47.7 Å². The number of fused-ring (bicyclic) bond motifs is 2. The van der Waals surface area contributed by atoms with Gasteiger partial charge < -0.3 is 10.4 Å². The quantitative estimate of drug-likeness (QED) is 0.518. The molecule has 0 bridgehead atoms. The Hall–Kier alpha value is -2.44. The van der Waals surface area contributed by atoms with E-state index >= 15 is 0 Å². The van der Waals surface area contributed by atoms with Crippen LogP contribution in [0, 0.1) is 13.8 Å². The van der Waals surface area contributed by atoms with E-state index in [1.807, 2.05) is 10.7 Å². The van der Waals surface area contributed by atoms with E-state index in [2.05, 4.69) is 54.5 Å². The summed E-state index contributed by atoms with van der Waals surface area (Å²) in [7, 11) is 0. The lowest BCUT2D eigenvalue weighted by Gasteiger charge is -2.27. The number of nitrogens with one attached hydrogen (secondary N) is 1. The van der Waals surface area contributed by atoms with Gasteiger partial charge >= 0.3 is 0 Å². The number of aryl methyl sites for hydroxylation is 1. The van der Waals surface area contributed by atoms with Gasteiger partial charge in [0.25, 0.3) is 0 Å². The molecule has 1 saturated carbocycles. The van der Waals surface area contributed by atoms with Gasteiger partial charge in [-0.1, -0.05) is 18.2 Å². The number of nitrogens with zero attached hydrogens (tertiary/aromatic N) is 3. The van der Waals surface area contributed by atoms with Gasteiger partial charge in [-0.15, -0.1) is 16.4 Å². The van der Waals surface area contributed by atoms with Crippen LogP contribution >= 0.6 is 11.3 Å². The largest absolute Gasteiger partial charge is 0.393 e. The zero-order valence-electron chi connectivity index (χ0n) is 16.1. The van der Waals surface area contributed by atoms with Gasteiger partial charge in [-0.2, -0.15) is 0 Å². The average molecular weight is 393 g/mol. The number of hydrogen-bond acceptors (Lipinski definition) is 5.